The van der Waals surface area contributed by atoms with Crippen molar-refractivity contribution < 1.29 is 14.7 Å². The number of nitrogens with one attached hydrogen (secondary N) is 1. The minimum Gasteiger partial charge on any atom is -0.481 e. The van der Waals surface area contributed by atoms with Crippen molar-refractivity contribution in [2.75, 3.05) is 5.32 Å². The summed E-state index contributed by atoms with van der Waals surface area (Å²) >= 11 is 0. The second-order valence-electron chi connectivity index (χ2n) is 9.56. The van der Waals surface area contributed by atoms with E-state index in [1.54, 1.807) is 0 Å². The van der Waals surface area contributed by atoms with Crippen molar-refractivity contribution in [2.24, 2.45) is 5.92 Å². The molecular formula is C25H36N4O3. The Labute approximate surface area is 190 Å². The second kappa shape index (κ2) is 10.7. The lowest BCUT2D eigenvalue weighted by atomic mass is 9.97. The number of carbonyl (C=O) groups excluding carboxylic acids is 1. The lowest BCUT2D eigenvalue weighted by Crippen LogP contribution is -2.20. The van der Waals surface area contributed by atoms with E-state index in [4.69, 9.17) is 0 Å². The van der Waals surface area contributed by atoms with E-state index >= 15 is 0 Å². The Bertz CT molecular complexity index is 947. The van der Waals surface area contributed by atoms with Crippen molar-refractivity contribution in [2.45, 2.75) is 91.0 Å². The SMILES string of the molecule is Cc1ccc(NC(=O)CC(CCC(=O)O)c2nnc(CCCC(C)C)n2C2CC2)c(C)c1. The fraction of sp³-hybridized carbons (Fsp3) is 0.600. The van der Waals surface area contributed by atoms with Crippen LogP contribution in [0.1, 0.15) is 93.5 Å². The molecule has 1 saturated carbocycles. The molecule has 0 bridgehead atoms. The number of aromatic nitrogens is 3. The fourth-order valence-electron chi connectivity index (χ4n) is 4.18. The van der Waals surface area contributed by atoms with Gasteiger partial charge in [-0.1, -0.05) is 38.0 Å². The summed E-state index contributed by atoms with van der Waals surface area (Å²) < 4.78 is 2.21. The van der Waals surface area contributed by atoms with Crippen molar-refractivity contribution in [3.8, 4) is 0 Å². The first-order valence-corrected chi connectivity index (χ1v) is 11.8. The maximum Gasteiger partial charge on any atom is 0.303 e. The molecule has 0 radical (unpaired) electrons. The van der Waals surface area contributed by atoms with Gasteiger partial charge in [0, 0.05) is 36.9 Å². The molecule has 2 aromatic rings. The average molecular weight is 441 g/mol. The predicted molar refractivity (Wildman–Crippen MR) is 125 cm³/mol. The number of carboxylic acid groups (broad SMARTS) is 1. The molecule has 7 heteroatoms. The van der Waals surface area contributed by atoms with E-state index in [0.717, 1.165) is 60.6 Å². The van der Waals surface area contributed by atoms with E-state index < -0.39 is 5.97 Å². The molecule has 174 valence electrons. The topological polar surface area (TPSA) is 97.1 Å². The molecule has 1 unspecified atom stereocenters. The first kappa shape index (κ1) is 24.0. The largest absolute Gasteiger partial charge is 0.481 e. The van der Waals surface area contributed by atoms with Gasteiger partial charge in [0.25, 0.3) is 0 Å². The Morgan fingerprint density at radius 3 is 2.56 bits per heavy atom. The van der Waals surface area contributed by atoms with Crippen molar-refractivity contribution in [1.82, 2.24) is 14.8 Å². The average Bonchev–Trinajstić information content (AvgIpc) is 3.47. The highest BCUT2D eigenvalue weighted by molar-refractivity contribution is 5.92. The molecule has 0 aliphatic heterocycles. The molecular weight excluding hydrogens is 404 g/mol. The summed E-state index contributed by atoms with van der Waals surface area (Å²) in [5.74, 6) is 1.12. The van der Waals surface area contributed by atoms with E-state index in [0.29, 0.717) is 18.4 Å². The monoisotopic (exact) mass is 440 g/mol. The van der Waals surface area contributed by atoms with Gasteiger partial charge in [-0.25, -0.2) is 0 Å². The van der Waals surface area contributed by atoms with Crippen LogP contribution in [-0.4, -0.2) is 31.7 Å². The molecule has 32 heavy (non-hydrogen) atoms. The Balaban J connectivity index is 1.78. The van der Waals surface area contributed by atoms with Gasteiger partial charge in [0.15, 0.2) is 0 Å². The van der Waals surface area contributed by atoms with Crippen molar-refractivity contribution in [3.05, 3.63) is 41.0 Å². The lowest BCUT2D eigenvalue weighted by molar-refractivity contribution is -0.137. The van der Waals surface area contributed by atoms with Crippen LogP contribution < -0.4 is 5.32 Å². The number of amides is 1. The number of nitrogens with zero attached hydrogens (tertiary/aromatic N) is 3. The minimum absolute atomic E-state index is 0.00170. The van der Waals surface area contributed by atoms with Gasteiger partial charge in [-0.15, -0.1) is 10.2 Å². The zero-order valence-electron chi connectivity index (χ0n) is 19.7. The van der Waals surface area contributed by atoms with Crippen molar-refractivity contribution >= 4 is 17.6 Å². The summed E-state index contributed by atoms with van der Waals surface area (Å²) in [7, 11) is 0. The summed E-state index contributed by atoms with van der Waals surface area (Å²) in [6.45, 7) is 8.42. The van der Waals surface area contributed by atoms with Crippen LogP contribution in [0.25, 0.3) is 0 Å². The van der Waals surface area contributed by atoms with Gasteiger partial charge in [-0.3, -0.25) is 9.59 Å². The first-order chi connectivity index (χ1) is 15.2. The van der Waals surface area contributed by atoms with Crippen LogP contribution in [-0.2, 0) is 16.0 Å². The van der Waals surface area contributed by atoms with Crippen LogP contribution >= 0.6 is 0 Å². The highest BCUT2D eigenvalue weighted by Crippen LogP contribution is 2.39. The number of hydrogen-bond donors (Lipinski definition) is 2. The lowest BCUT2D eigenvalue weighted by Gasteiger charge is -2.18. The quantitative estimate of drug-likeness (QED) is 0.474. The molecule has 1 aliphatic carbocycles. The number of anilines is 1. The summed E-state index contributed by atoms with van der Waals surface area (Å²) in [6, 6.07) is 6.29. The minimum atomic E-state index is -0.862. The molecule has 7 nitrogen and oxygen atoms in total. The van der Waals surface area contributed by atoms with Gasteiger partial charge in [-0.2, -0.15) is 0 Å². The van der Waals surface area contributed by atoms with E-state index in [1.807, 2.05) is 32.0 Å². The third-order valence-electron chi connectivity index (χ3n) is 6.05. The molecule has 1 aliphatic rings. The molecule has 1 heterocycles. The zero-order valence-corrected chi connectivity index (χ0v) is 19.7. The van der Waals surface area contributed by atoms with Crippen LogP contribution in [0.5, 0.6) is 0 Å². The van der Waals surface area contributed by atoms with Crippen LogP contribution in [0.15, 0.2) is 18.2 Å². The van der Waals surface area contributed by atoms with Gasteiger partial charge >= 0.3 is 5.97 Å². The third-order valence-corrected chi connectivity index (χ3v) is 6.05. The van der Waals surface area contributed by atoms with Crippen LogP contribution in [0, 0.1) is 19.8 Å². The molecule has 1 fully saturated rings. The number of hydrogen-bond acceptors (Lipinski definition) is 4. The number of rotatable bonds is 12. The standard InChI is InChI=1S/C25H36N4O3/c1-16(2)6-5-7-22-27-28-25(29(22)20-10-11-20)19(9-13-24(31)32)15-23(30)26-21-12-8-17(3)14-18(21)4/h8,12,14,16,19-20H,5-7,9-11,13,15H2,1-4H3,(H,26,30)(H,31,32). The first-order valence-electron chi connectivity index (χ1n) is 11.8. The van der Waals surface area contributed by atoms with Gasteiger partial charge < -0.3 is 15.0 Å². The van der Waals surface area contributed by atoms with Crippen LogP contribution in [0.3, 0.4) is 0 Å². The van der Waals surface area contributed by atoms with Crippen LogP contribution in [0.2, 0.25) is 0 Å². The molecule has 1 aromatic carbocycles. The maximum absolute atomic E-state index is 12.9. The summed E-state index contributed by atoms with van der Waals surface area (Å²) in [6.07, 6.45) is 5.78. The van der Waals surface area contributed by atoms with Crippen molar-refractivity contribution in [3.63, 3.8) is 0 Å². The molecule has 3 rings (SSSR count). The Hall–Kier alpha value is -2.70. The molecule has 2 N–H and O–H groups in total. The normalized spacial score (nSPS) is 14.5. The van der Waals surface area contributed by atoms with Crippen molar-refractivity contribution in [1.29, 1.82) is 0 Å². The van der Waals surface area contributed by atoms with Crippen LogP contribution in [0.4, 0.5) is 5.69 Å². The third kappa shape index (κ3) is 6.65. The summed E-state index contributed by atoms with van der Waals surface area (Å²) in [5.41, 5.74) is 2.94. The Morgan fingerprint density at radius 2 is 1.94 bits per heavy atom. The van der Waals surface area contributed by atoms with E-state index in [9.17, 15) is 14.7 Å². The number of aryl methyl sites for hydroxylation is 3. The smallest absolute Gasteiger partial charge is 0.303 e. The summed E-state index contributed by atoms with van der Waals surface area (Å²) in [5, 5.41) is 21.2. The summed E-state index contributed by atoms with van der Waals surface area (Å²) in [4.78, 5) is 24.2. The molecule has 0 saturated heterocycles. The van der Waals surface area contributed by atoms with Gasteiger partial charge in [0.2, 0.25) is 5.91 Å². The highest BCUT2D eigenvalue weighted by atomic mass is 16.4. The maximum atomic E-state index is 12.9. The Kier molecular flexibility index (Phi) is 8.04. The molecule has 1 atom stereocenters. The van der Waals surface area contributed by atoms with E-state index in [2.05, 4.69) is 33.9 Å². The molecule has 1 aromatic heterocycles. The highest BCUT2D eigenvalue weighted by Gasteiger charge is 2.33. The number of carbonyl (C=O) groups is 2. The Morgan fingerprint density at radius 1 is 1.19 bits per heavy atom. The second-order valence-corrected chi connectivity index (χ2v) is 9.56. The van der Waals surface area contributed by atoms with E-state index in [1.165, 1.54) is 0 Å². The molecule has 1 amide bonds. The zero-order chi connectivity index (χ0) is 23.3. The molecule has 0 spiro atoms. The fourth-order valence-corrected chi connectivity index (χ4v) is 4.18. The predicted octanol–water partition coefficient (Wildman–Crippen LogP) is 5.19. The van der Waals surface area contributed by atoms with Gasteiger partial charge in [-0.05, 0) is 57.1 Å². The number of carboxylic acids is 1. The van der Waals surface area contributed by atoms with Gasteiger partial charge in [0.05, 0.1) is 0 Å². The number of benzene rings is 1. The van der Waals surface area contributed by atoms with Gasteiger partial charge in [0.1, 0.15) is 11.6 Å². The number of aliphatic carboxylic acids is 1. The van der Waals surface area contributed by atoms with E-state index in [-0.39, 0.29) is 24.7 Å².